The lowest BCUT2D eigenvalue weighted by Gasteiger charge is -2.21. The van der Waals surface area contributed by atoms with E-state index in [-0.39, 0.29) is 25.0 Å². The summed E-state index contributed by atoms with van der Waals surface area (Å²) in [4.78, 5) is 31.4. The number of nitrogens with zero attached hydrogens (tertiary/aromatic N) is 1. The van der Waals surface area contributed by atoms with Crippen molar-refractivity contribution in [1.82, 2.24) is 10.3 Å². The first-order valence-electron chi connectivity index (χ1n) is 16.6. The number of esters is 2. The Bertz CT molecular complexity index is 1390. The quantitative estimate of drug-likeness (QED) is 0.0732. The summed E-state index contributed by atoms with van der Waals surface area (Å²) in [6.45, 7) is 10.3. The highest BCUT2D eigenvalue weighted by Gasteiger charge is 2.21. The maximum absolute atomic E-state index is 12.9. The summed E-state index contributed by atoms with van der Waals surface area (Å²) in [5, 5.41) is 5.58. The molecule has 3 N–H and O–H groups in total. The SMILES string of the molecule is C/C=C(\C=C(/N)c1cc(C(=O)OCC)cc(C2C=C(c3sccc3CC(CCCC)CCCCCC)C=CN2)n1)C(=O)OCC. The monoisotopic (exact) mass is 633 g/mol. The van der Waals surface area contributed by atoms with E-state index in [4.69, 9.17) is 20.2 Å². The van der Waals surface area contributed by atoms with E-state index in [1.807, 2.05) is 6.20 Å². The lowest BCUT2D eigenvalue weighted by Crippen LogP contribution is -2.20. The third-order valence-corrected chi connectivity index (χ3v) is 8.94. The molecule has 2 aromatic heterocycles. The minimum atomic E-state index is -0.471. The molecule has 2 atom stereocenters. The van der Waals surface area contributed by atoms with Crippen molar-refractivity contribution in [3.63, 3.8) is 0 Å². The minimum Gasteiger partial charge on any atom is -0.462 e. The van der Waals surface area contributed by atoms with Gasteiger partial charge in [0.15, 0.2) is 0 Å². The number of carbonyl (C=O) groups excluding carboxylic acids is 2. The third kappa shape index (κ3) is 10.7. The summed E-state index contributed by atoms with van der Waals surface area (Å²) in [6, 6.07) is 5.33. The zero-order valence-electron chi connectivity index (χ0n) is 27.7. The second-order valence-electron chi connectivity index (χ2n) is 11.4. The first-order chi connectivity index (χ1) is 21.8. The average Bonchev–Trinajstić information content (AvgIpc) is 3.52. The molecule has 45 heavy (non-hydrogen) atoms. The molecule has 2 unspecified atom stereocenters. The summed E-state index contributed by atoms with van der Waals surface area (Å²) < 4.78 is 10.5. The van der Waals surface area contributed by atoms with Crippen LogP contribution in [0.5, 0.6) is 0 Å². The molecule has 0 fully saturated rings. The van der Waals surface area contributed by atoms with Crippen LogP contribution in [0.15, 0.2) is 59.7 Å². The molecule has 0 radical (unpaired) electrons. The molecular weight excluding hydrogens is 582 g/mol. The van der Waals surface area contributed by atoms with E-state index in [1.165, 1.54) is 67.9 Å². The zero-order valence-corrected chi connectivity index (χ0v) is 28.5. The summed E-state index contributed by atoms with van der Waals surface area (Å²) >= 11 is 1.77. The molecule has 0 saturated heterocycles. The number of thiophene rings is 1. The van der Waals surface area contributed by atoms with Gasteiger partial charge in [0.25, 0.3) is 0 Å². The Balaban J connectivity index is 1.94. The lowest BCUT2D eigenvalue weighted by atomic mass is 9.88. The van der Waals surface area contributed by atoms with E-state index in [2.05, 4.69) is 42.8 Å². The lowest BCUT2D eigenvalue weighted by molar-refractivity contribution is -0.138. The molecule has 0 spiro atoms. The molecule has 0 bridgehead atoms. The molecule has 0 aliphatic carbocycles. The van der Waals surface area contributed by atoms with Crippen LogP contribution in [0.1, 0.15) is 124 Å². The number of nitrogens with two attached hydrogens (primary N) is 1. The van der Waals surface area contributed by atoms with Gasteiger partial charge < -0.3 is 20.5 Å². The van der Waals surface area contributed by atoms with Gasteiger partial charge in [0.2, 0.25) is 0 Å². The number of aromatic nitrogens is 1. The molecule has 0 aromatic carbocycles. The van der Waals surface area contributed by atoms with Crippen LogP contribution in [0, 0.1) is 5.92 Å². The van der Waals surface area contributed by atoms with Gasteiger partial charge in [-0.15, -0.1) is 11.3 Å². The number of allylic oxidation sites excluding steroid dienone is 3. The van der Waals surface area contributed by atoms with Gasteiger partial charge in [-0.05, 0) is 92.3 Å². The van der Waals surface area contributed by atoms with Crippen LogP contribution in [0.2, 0.25) is 0 Å². The van der Waals surface area contributed by atoms with E-state index < -0.39 is 11.9 Å². The number of unbranched alkanes of at least 4 members (excludes halogenated alkanes) is 4. The van der Waals surface area contributed by atoms with Crippen LogP contribution >= 0.6 is 11.3 Å². The number of pyridine rings is 1. The Morgan fingerprint density at radius 1 is 1.04 bits per heavy atom. The predicted molar refractivity (Wildman–Crippen MR) is 186 cm³/mol. The fourth-order valence-corrected chi connectivity index (χ4v) is 6.46. The molecule has 0 saturated carbocycles. The first kappa shape index (κ1) is 35.8. The summed E-state index contributed by atoms with van der Waals surface area (Å²) in [5.74, 6) is -0.241. The molecule has 8 heteroatoms. The normalized spacial score (nSPS) is 15.8. The standard InChI is InChI=1S/C37H51N3O4S/c1-6-11-13-14-16-26(15-12-7-2)21-29-18-20-45-35(29)28-17-19-39-33(23-28)34-25-30(37(42)44-10-5)24-32(40-34)31(38)22-27(8-3)36(41)43-9-4/h8,17-20,22-26,33,39H,6-7,9-16,21,38H2,1-5H3/b27-8+,31-22-. The molecule has 3 heterocycles. The molecular formula is C37H51N3O4S. The molecule has 244 valence electrons. The van der Waals surface area contributed by atoms with Crippen LogP contribution in [0.4, 0.5) is 0 Å². The summed E-state index contributed by atoms with van der Waals surface area (Å²) in [5.41, 5.74) is 10.9. The van der Waals surface area contributed by atoms with Gasteiger partial charge in [0, 0.05) is 4.88 Å². The van der Waals surface area contributed by atoms with Crippen LogP contribution in [0.3, 0.4) is 0 Å². The van der Waals surface area contributed by atoms with E-state index in [0.717, 1.165) is 12.0 Å². The van der Waals surface area contributed by atoms with Gasteiger partial charge in [-0.3, -0.25) is 0 Å². The highest BCUT2D eigenvalue weighted by molar-refractivity contribution is 7.11. The minimum absolute atomic E-state index is 0.246. The number of hydrogen-bond acceptors (Lipinski definition) is 8. The van der Waals surface area contributed by atoms with E-state index in [0.29, 0.717) is 28.4 Å². The second kappa shape index (κ2) is 19.0. The maximum atomic E-state index is 12.9. The van der Waals surface area contributed by atoms with Crippen molar-refractivity contribution >= 4 is 34.5 Å². The van der Waals surface area contributed by atoms with Crippen LogP contribution in [-0.2, 0) is 20.7 Å². The average molecular weight is 634 g/mol. The Hall–Kier alpha value is -3.65. The Kier molecular flexibility index (Phi) is 15.1. The Morgan fingerprint density at radius 2 is 1.80 bits per heavy atom. The first-order valence-corrected chi connectivity index (χ1v) is 17.4. The topological polar surface area (TPSA) is 104 Å². The number of dihydropyridines is 1. The van der Waals surface area contributed by atoms with Gasteiger partial charge >= 0.3 is 11.9 Å². The number of ether oxygens (including phenoxy) is 2. The van der Waals surface area contributed by atoms with E-state index in [1.54, 1.807) is 50.3 Å². The third-order valence-electron chi connectivity index (χ3n) is 7.94. The fraction of sp³-hybridized carbons (Fsp3) is 0.486. The van der Waals surface area contributed by atoms with Crippen molar-refractivity contribution in [1.29, 1.82) is 0 Å². The van der Waals surface area contributed by atoms with Crippen LogP contribution in [-0.4, -0.2) is 30.1 Å². The molecule has 2 aromatic rings. The Morgan fingerprint density at radius 3 is 2.51 bits per heavy atom. The van der Waals surface area contributed by atoms with Crippen molar-refractivity contribution in [2.24, 2.45) is 11.7 Å². The van der Waals surface area contributed by atoms with Crippen molar-refractivity contribution < 1.29 is 19.1 Å². The van der Waals surface area contributed by atoms with Crippen molar-refractivity contribution in [2.45, 2.75) is 98.4 Å². The largest absolute Gasteiger partial charge is 0.462 e. The molecule has 7 nitrogen and oxygen atoms in total. The summed E-state index contributed by atoms with van der Waals surface area (Å²) in [6.07, 6.45) is 20.7. The van der Waals surface area contributed by atoms with E-state index in [9.17, 15) is 9.59 Å². The number of rotatable bonds is 18. The Labute approximate surface area is 273 Å². The molecule has 1 aliphatic rings. The molecule has 3 rings (SSSR count). The smallest absolute Gasteiger partial charge is 0.338 e. The number of carbonyl (C=O) groups is 2. The molecule has 0 amide bonds. The highest BCUT2D eigenvalue weighted by Crippen LogP contribution is 2.34. The van der Waals surface area contributed by atoms with Gasteiger partial charge in [-0.1, -0.05) is 71.3 Å². The van der Waals surface area contributed by atoms with Gasteiger partial charge in [0.1, 0.15) is 0 Å². The van der Waals surface area contributed by atoms with Crippen molar-refractivity contribution in [2.75, 3.05) is 13.2 Å². The predicted octanol–water partition coefficient (Wildman–Crippen LogP) is 8.69. The second-order valence-corrected chi connectivity index (χ2v) is 12.3. The van der Waals surface area contributed by atoms with Gasteiger partial charge in [-0.25, -0.2) is 14.6 Å². The van der Waals surface area contributed by atoms with Gasteiger partial charge in [0.05, 0.1) is 47.5 Å². The van der Waals surface area contributed by atoms with Crippen LogP contribution in [0.25, 0.3) is 11.3 Å². The fourth-order valence-electron chi connectivity index (χ4n) is 5.52. The highest BCUT2D eigenvalue weighted by atomic mass is 32.1. The van der Waals surface area contributed by atoms with Crippen LogP contribution < -0.4 is 11.1 Å². The molecule has 1 aliphatic heterocycles. The zero-order chi connectivity index (χ0) is 32.6. The maximum Gasteiger partial charge on any atom is 0.338 e. The summed E-state index contributed by atoms with van der Waals surface area (Å²) in [7, 11) is 0. The number of hydrogen-bond donors (Lipinski definition) is 2. The van der Waals surface area contributed by atoms with E-state index >= 15 is 0 Å². The number of nitrogens with one attached hydrogen (secondary N) is 1. The van der Waals surface area contributed by atoms with Gasteiger partial charge in [-0.2, -0.15) is 0 Å². The van der Waals surface area contributed by atoms with Crippen molar-refractivity contribution in [3.8, 4) is 0 Å². The van der Waals surface area contributed by atoms with Crippen molar-refractivity contribution in [3.05, 3.63) is 87.0 Å².